The highest BCUT2D eigenvalue weighted by Gasteiger charge is 2.58. The molecule has 1 aromatic carbocycles. The number of amides is 1. The van der Waals surface area contributed by atoms with E-state index >= 15 is 0 Å². The zero-order valence-corrected chi connectivity index (χ0v) is 16.6. The summed E-state index contributed by atoms with van der Waals surface area (Å²) in [5, 5.41) is 0. The van der Waals surface area contributed by atoms with Crippen LogP contribution in [0.1, 0.15) is 17.5 Å². The van der Waals surface area contributed by atoms with E-state index in [0.29, 0.717) is 28.2 Å². The minimum absolute atomic E-state index is 0.0639. The molecule has 0 aromatic heterocycles. The molecule has 4 rings (SSSR count). The minimum atomic E-state index is -4.98. The molecule has 0 N–H and O–H groups in total. The molecule has 2 aliphatic carbocycles. The first kappa shape index (κ1) is 20.3. The molecule has 9 heteroatoms. The summed E-state index contributed by atoms with van der Waals surface area (Å²) in [7, 11) is 4.28. The van der Waals surface area contributed by atoms with Gasteiger partial charge in [0.05, 0.1) is 21.3 Å². The van der Waals surface area contributed by atoms with Crippen LogP contribution in [-0.2, 0) is 20.7 Å². The molecule has 0 bridgehead atoms. The van der Waals surface area contributed by atoms with E-state index in [1.165, 1.54) is 27.4 Å². The smallest absolute Gasteiger partial charge is 0.471 e. The van der Waals surface area contributed by atoms with Gasteiger partial charge in [-0.25, -0.2) is 0 Å². The van der Waals surface area contributed by atoms with Crippen LogP contribution in [0.5, 0.6) is 11.5 Å². The van der Waals surface area contributed by atoms with E-state index in [0.717, 1.165) is 4.90 Å². The maximum absolute atomic E-state index is 13.3. The number of hydrogen-bond acceptors (Lipinski definition) is 5. The summed E-state index contributed by atoms with van der Waals surface area (Å²) in [6.45, 7) is -0.0791. The second kappa shape index (κ2) is 6.78. The molecule has 6 nitrogen and oxygen atoms in total. The normalized spacial score (nSPS) is 24.9. The number of halogens is 3. The second-order valence-electron chi connectivity index (χ2n) is 7.51. The molecule has 1 amide bonds. The number of carbonyl (C=O) groups is 2. The van der Waals surface area contributed by atoms with Crippen LogP contribution in [0.2, 0.25) is 0 Å². The lowest BCUT2D eigenvalue weighted by molar-refractivity contribution is -0.186. The van der Waals surface area contributed by atoms with Gasteiger partial charge in [-0.2, -0.15) is 13.2 Å². The third kappa shape index (κ3) is 2.79. The van der Waals surface area contributed by atoms with Gasteiger partial charge in [-0.05, 0) is 53.8 Å². The van der Waals surface area contributed by atoms with Crippen LogP contribution in [0.4, 0.5) is 13.2 Å². The first-order chi connectivity index (χ1) is 14.2. The molecule has 160 valence electrons. The van der Waals surface area contributed by atoms with Crippen molar-refractivity contribution >= 4 is 17.3 Å². The standard InChI is InChI=1S/C21H20F3NO5/c1-28-15-6-11-7-18-20(4-5-25(18)19(27)21(22,23)24)10-17(30-3)14(26)9-13(20)12(11)8-16(15)29-2/h6,8-10,18H,4-5,7H2,1-3H3/t18-,20-/m1/s1. The number of fused-ring (bicyclic) bond motifs is 2. The summed E-state index contributed by atoms with van der Waals surface area (Å²) in [6.07, 6.45) is -1.57. The van der Waals surface area contributed by atoms with Gasteiger partial charge in [0, 0.05) is 18.0 Å². The van der Waals surface area contributed by atoms with Crippen molar-refractivity contribution in [3.8, 4) is 11.5 Å². The Bertz CT molecular complexity index is 997. The Kier molecular flexibility index (Phi) is 4.59. The van der Waals surface area contributed by atoms with Gasteiger partial charge in [0.15, 0.2) is 17.3 Å². The topological polar surface area (TPSA) is 65.1 Å². The van der Waals surface area contributed by atoms with Gasteiger partial charge in [-0.15, -0.1) is 0 Å². The number of allylic oxidation sites excluding steroid dienone is 1. The van der Waals surface area contributed by atoms with Gasteiger partial charge in [-0.3, -0.25) is 9.59 Å². The summed E-state index contributed by atoms with van der Waals surface area (Å²) in [6, 6.07) is 2.61. The van der Waals surface area contributed by atoms with Crippen LogP contribution in [0.15, 0.2) is 30.0 Å². The number of nitrogens with zero attached hydrogens (tertiary/aromatic N) is 1. The third-order valence-electron chi connectivity index (χ3n) is 6.18. The highest BCUT2D eigenvalue weighted by atomic mass is 19.4. The van der Waals surface area contributed by atoms with Crippen LogP contribution in [-0.4, -0.2) is 56.7 Å². The molecule has 0 radical (unpaired) electrons. The number of rotatable bonds is 3. The summed E-state index contributed by atoms with van der Waals surface area (Å²) >= 11 is 0. The van der Waals surface area contributed by atoms with Crippen LogP contribution < -0.4 is 9.47 Å². The number of methoxy groups -OCH3 is 3. The van der Waals surface area contributed by atoms with Crippen molar-refractivity contribution in [3.05, 3.63) is 41.2 Å². The van der Waals surface area contributed by atoms with Crippen molar-refractivity contribution in [2.75, 3.05) is 27.9 Å². The molecule has 0 saturated carbocycles. The van der Waals surface area contributed by atoms with Crippen LogP contribution in [0.25, 0.3) is 5.57 Å². The molecule has 1 aromatic rings. The van der Waals surface area contributed by atoms with Crippen molar-refractivity contribution in [1.29, 1.82) is 0 Å². The highest BCUT2D eigenvalue weighted by molar-refractivity contribution is 6.10. The van der Waals surface area contributed by atoms with Gasteiger partial charge >= 0.3 is 12.1 Å². The number of ether oxygens (including phenoxy) is 3. The highest BCUT2D eigenvalue weighted by Crippen LogP contribution is 2.57. The number of hydrogen-bond donors (Lipinski definition) is 0. The first-order valence-corrected chi connectivity index (χ1v) is 9.32. The average Bonchev–Trinajstić information content (AvgIpc) is 3.07. The van der Waals surface area contributed by atoms with Crippen molar-refractivity contribution in [2.24, 2.45) is 5.41 Å². The van der Waals surface area contributed by atoms with Gasteiger partial charge < -0.3 is 19.1 Å². The van der Waals surface area contributed by atoms with Crippen molar-refractivity contribution in [1.82, 2.24) is 4.90 Å². The molecule has 1 spiro atoms. The number of likely N-dealkylation sites (tertiary alicyclic amines) is 1. The van der Waals surface area contributed by atoms with Crippen molar-refractivity contribution in [3.63, 3.8) is 0 Å². The fraction of sp³-hybridized carbons (Fsp3) is 0.429. The first-order valence-electron chi connectivity index (χ1n) is 9.32. The lowest BCUT2D eigenvalue weighted by atomic mass is 9.62. The summed E-state index contributed by atoms with van der Waals surface area (Å²) < 4.78 is 55.7. The largest absolute Gasteiger partial charge is 0.493 e. The quantitative estimate of drug-likeness (QED) is 0.748. The monoisotopic (exact) mass is 423 g/mol. The number of carbonyl (C=O) groups excluding carboxylic acids is 2. The van der Waals surface area contributed by atoms with Gasteiger partial charge in [0.2, 0.25) is 5.78 Å². The Morgan fingerprint density at radius 1 is 1.13 bits per heavy atom. The Morgan fingerprint density at radius 3 is 2.40 bits per heavy atom. The maximum atomic E-state index is 13.3. The Labute approximate surface area is 170 Å². The molecular weight excluding hydrogens is 403 g/mol. The fourth-order valence-electron chi connectivity index (χ4n) is 4.84. The number of alkyl halides is 3. The number of ketones is 1. The Hall–Kier alpha value is -2.97. The van der Waals surface area contributed by atoms with E-state index in [1.807, 2.05) is 0 Å². The summed E-state index contributed by atoms with van der Waals surface area (Å²) in [4.78, 5) is 25.6. The Balaban J connectivity index is 1.92. The van der Waals surface area contributed by atoms with Gasteiger partial charge in [-0.1, -0.05) is 0 Å². The SMILES string of the molecule is COC1=C[C@@]23CCN(C(=O)C(F)(F)F)[C@@H]2Cc2cc(OC)c(OC)cc2C3=CC1=O. The van der Waals surface area contributed by atoms with Gasteiger partial charge in [0.1, 0.15) is 0 Å². The molecule has 2 atom stereocenters. The molecule has 1 heterocycles. The predicted octanol–water partition coefficient (Wildman–Crippen LogP) is 2.91. The average molecular weight is 423 g/mol. The molecular formula is C21H20F3NO5. The summed E-state index contributed by atoms with van der Waals surface area (Å²) in [5.41, 5.74) is 0.999. The van der Waals surface area contributed by atoms with E-state index in [2.05, 4.69) is 0 Å². The molecule has 1 aliphatic heterocycles. The van der Waals surface area contributed by atoms with Crippen LogP contribution in [0.3, 0.4) is 0 Å². The lowest BCUT2D eigenvalue weighted by Gasteiger charge is -2.44. The van der Waals surface area contributed by atoms with E-state index in [4.69, 9.17) is 14.2 Å². The molecule has 30 heavy (non-hydrogen) atoms. The van der Waals surface area contributed by atoms with E-state index in [1.54, 1.807) is 18.2 Å². The minimum Gasteiger partial charge on any atom is -0.493 e. The second-order valence-corrected chi connectivity index (χ2v) is 7.51. The third-order valence-corrected chi connectivity index (χ3v) is 6.18. The molecule has 1 fully saturated rings. The van der Waals surface area contributed by atoms with Crippen LogP contribution >= 0.6 is 0 Å². The fourth-order valence-corrected chi connectivity index (χ4v) is 4.84. The van der Waals surface area contributed by atoms with Gasteiger partial charge in [0.25, 0.3) is 0 Å². The zero-order chi connectivity index (χ0) is 21.8. The van der Waals surface area contributed by atoms with E-state index < -0.39 is 23.5 Å². The van der Waals surface area contributed by atoms with Crippen molar-refractivity contribution in [2.45, 2.75) is 25.1 Å². The molecule has 1 saturated heterocycles. The van der Waals surface area contributed by atoms with Crippen LogP contribution in [0, 0.1) is 5.41 Å². The number of benzene rings is 1. The van der Waals surface area contributed by atoms with E-state index in [9.17, 15) is 22.8 Å². The summed E-state index contributed by atoms with van der Waals surface area (Å²) in [5.74, 6) is -1.32. The van der Waals surface area contributed by atoms with Crippen molar-refractivity contribution < 1.29 is 37.0 Å². The zero-order valence-electron chi connectivity index (χ0n) is 16.6. The maximum Gasteiger partial charge on any atom is 0.471 e. The lowest BCUT2D eigenvalue weighted by Crippen LogP contribution is -2.51. The predicted molar refractivity (Wildman–Crippen MR) is 99.9 cm³/mol. The molecule has 3 aliphatic rings. The van der Waals surface area contributed by atoms with E-state index in [-0.39, 0.29) is 30.9 Å². The molecule has 0 unspecified atom stereocenters. The Morgan fingerprint density at radius 2 is 1.80 bits per heavy atom.